The maximum absolute atomic E-state index is 11.6. The predicted molar refractivity (Wildman–Crippen MR) is 69.4 cm³/mol. The molecule has 2 amide bonds. The molecule has 106 valence electrons. The Morgan fingerprint density at radius 2 is 1.84 bits per heavy atom. The maximum atomic E-state index is 11.6. The number of ketones is 1. The summed E-state index contributed by atoms with van der Waals surface area (Å²) in [4.78, 5) is 45.6. The van der Waals surface area contributed by atoms with Gasteiger partial charge in [0.05, 0.1) is 25.2 Å². The molecule has 0 aliphatic carbocycles. The van der Waals surface area contributed by atoms with Crippen molar-refractivity contribution in [2.75, 3.05) is 19.6 Å². The molecule has 0 saturated carbocycles. The zero-order valence-electron chi connectivity index (χ0n) is 10.1. The molecule has 0 bridgehead atoms. The average Bonchev–Trinajstić information content (AvgIpc) is 2.34. The highest BCUT2D eigenvalue weighted by Gasteiger charge is 2.22. The molecule has 8 nitrogen and oxygen atoms in total. The van der Waals surface area contributed by atoms with Gasteiger partial charge in [-0.3, -0.25) is 24.5 Å². The van der Waals surface area contributed by atoms with Crippen LogP contribution in [0.25, 0.3) is 0 Å². The Kier molecular flexibility index (Phi) is 5.93. The number of amides is 2. The van der Waals surface area contributed by atoms with E-state index in [4.69, 9.17) is 5.73 Å². The second-order valence-corrected chi connectivity index (χ2v) is 4.57. The lowest BCUT2D eigenvalue weighted by molar-refractivity contribution is -0.128. The van der Waals surface area contributed by atoms with Crippen LogP contribution in [0.3, 0.4) is 0 Å². The van der Waals surface area contributed by atoms with Gasteiger partial charge in [-0.1, -0.05) is 0 Å². The molecule has 1 heterocycles. The van der Waals surface area contributed by atoms with E-state index in [1.165, 1.54) is 0 Å². The van der Waals surface area contributed by atoms with E-state index in [9.17, 15) is 19.2 Å². The molecule has 19 heavy (non-hydrogen) atoms. The smallest absolute Gasteiger partial charge is 0.239 e. The highest BCUT2D eigenvalue weighted by Crippen LogP contribution is 1.95. The summed E-state index contributed by atoms with van der Waals surface area (Å²) in [7, 11) is 0. The maximum Gasteiger partial charge on any atom is 0.239 e. The summed E-state index contributed by atoms with van der Waals surface area (Å²) in [5, 5.41) is 6.94. The summed E-state index contributed by atoms with van der Waals surface area (Å²) >= 11 is 3.67. The fourth-order valence-corrected chi connectivity index (χ4v) is 1.63. The molecule has 1 rings (SSSR count). The summed E-state index contributed by atoms with van der Waals surface area (Å²) in [6.45, 7) is -0.409. The van der Waals surface area contributed by atoms with Crippen molar-refractivity contribution in [1.29, 1.82) is 0 Å². The van der Waals surface area contributed by atoms with E-state index in [0.717, 1.165) is 0 Å². The largest absolute Gasteiger partial charge is 0.353 e. The Hall–Kier alpha value is -1.45. The number of rotatable bonds is 1. The number of nitrogens with two attached hydrogens (primary N) is 1. The molecular formula is C10H16N4O4S. The summed E-state index contributed by atoms with van der Waals surface area (Å²) in [6.07, 6.45) is -0.201. The molecule has 0 spiro atoms. The van der Waals surface area contributed by atoms with Gasteiger partial charge in [0.15, 0.2) is 5.78 Å². The van der Waals surface area contributed by atoms with E-state index in [2.05, 4.69) is 28.6 Å². The summed E-state index contributed by atoms with van der Waals surface area (Å²) < 4.78 is 0. The topological polar surface area (TPSA) is 130 Å². The normalized spacial score (nSPS) is 26.7. The molecule has 1 aliphatic rings. The number of hydrogen-bond acceptors (Lipinski definition) is 6. The Labute approximate surface area is 115 Å². The predicted octanol–water partition coefficient (Wildman–Crippen LogP) is -3.07. The lowest BCUT2D eigenvalue weighted by Gasteiger charge is -2.19. The molecule has 0 aromatic rings. The molecule has 1 fully saturated rings. The van der Waals surface area contributed by atoms with Gasteiger partial charge in [-0.2, -0.15) is 0 Å². The van der Waals surface area contributed by atoms with Crippen molar-refractivity contribution < 1.29 is 19.2 Å². The van der Waals surface area contributed by atoms with Crippen LogP contribution < -0.4 is 21.7 Å². The zero-order valence-corrected chi connectivity index (χ0v) is 11.0. The number of carbonyl (C=O) groups excluding carboxylic acids is 4. The molecule has 0 radical (unpaired) electrons. The number of carbonyl (C=O) groups is 4. The van der Waals surface area contributed by atoms with E-state index in [1.54, 1.807) is 0 Å². The first kappa shape index (κ1) is 15.6. The minimum Gasteiger partial charge on any atom is -0.353 e. The van der Waals surface area contributed by atoms with Gasteiger partial charge in [-0.15, -0.1) is 12.6 Å². The third-order valence-electron chi connectivity index (χ3n) is 2.59. The SMILES string of the molecule is NC1CC(=O)NCC(=O)NCC(C(=O)S)NCC1=O. The Morgan fingerprint density at radius 1 is 1.16 bits per heavy atom. The molecular weight excluding hydrogens is 272 g/mol. The lowest BCUT2D eigenvalue weighted by atomic mass is 10.1. The first-order valence-corrected chi connectivity index (χ1v) is 6.12. The fourth-order valence-electron chi connectivity index (χ4n) is 1.44. The van der Waals surface area contributed by atoms with Gasteiger partial charge in [0.2, 0.25) is 16.9 Å². The van der Waals surface area contributed by atoms with Crippen molar-refractivity contribution in [3.63, 3.8) is 0 Å². The number of thiol groups is 1. The lowest BCUT2D eigenvalue weighted by Crippen LogP contribution is -2.51. The van der Waals surface area contributed by atoms with Crippen LogP contribution in [-0.2, 0) is 19.2 Å². The standard InChI is InChI=1S/C10H16N4O4S/c11-5-1-8(16)14-4-9(17)13-2-6(10(18)19)12-3-7(5)15/h5-6,12H,1-4,11H2,(H,13,17)(H,14,16)(H,18,19). The number of Topliss-reactive ketones (excluding diaryl/α,β-unsaturated/α-hetero) is 1. The Morgan fingerprint density at radius 3 is 2.47 bits per heavy atom. The van der Waals surface area contributed by atoms with Crippen molar-refractivity contribution >= 4 is 35.3 Å². The Balaban J connectivity index is 2.72. The van der Waals surface area contributed by atoms with Crippen molar-refractivity contribution in [2.45, 2.75) is 18.5 Å². The van der Waals surface area contributed by atoms with E-state index >= 15 is 0 Å². The van der Waals surface area contributed by atoms with E-state index in [0.29, 0.717) is 0 Å². The van der Waals surface area contributed by atoms with Gasteiger partial charge >= 0.3 is 0 Å². The third-order valence-corrected chi connectivity index (χ3v) is 2.90. The van der Waals surface area contributed by atoms with Crippen LogP contribution in [0.5, 0.6) is 0 Å². The Bertz CT molecular complexity index is 401. The van der Waals surface area contributed by atoms with Gasteiger partial charge in [0.1, 0.15) is 0 Å². The van der Waals surface area contributed by atoms with Gasteiger partial charge in [-0.25, -0.2) is 0 Å². The molecule has 2 unspecified atom stereocenters. The minimum atomic E-state index is -0.967. The molecule has 0 aromatic heterocycles. The molecule has 0 aromatic carbocycles. The molecule has 1 aliphatic heterocycles. The van der Waals surface area contributed by atoms with Crippen LogP contribution in [0.1, 0.15) is 6.42 Å². The van der Waals surface area contributed by atoms with Crippen molar-refractivity contribution in [1.82, 2.24) is 16.0 Å². The van der Waals surface area contributed by atoms with Crippen LogP contribution >= 0.6 is 12.6 Å². The van der Waals surface area contributed by atoms with E-state index in [1.807, 2.05) is 0 Å². The van der Waals surface area contributed by atoms with Gasteiger partial charge in [0.25, 0.3) is 0 Å². The van der Waals surface area contributed by atoms with Gasteiger partial charge in [0, 0.05) is 13.0 Å². The van der Waals surface area contributed by atoms with Crippen LogP contribution in [0.15, 0.2) is 0 Å². The second kappa shape index (κ2) is 7.22. The summed E-state index contributed by atoms with van der Waals surface area (Å²) in [6, 6.07) is -1.75. The summed E-state index contributed by atoms with van der Waals surface area (Å²) in [5.41, 5.74) is 5.55. The number of nitrogens with one attached hydrogen (secondary N) is 3. The van der Waals surface area contributed by atoms with Crippen molar-refractivity contribution in [3.05, 3.63) is 0 Å². The fraction of sp³-hybridized carbons (Fsp3) is 0.600. The molecule has 1 saturated heterocycles. The van der Waals surface area contributed by atoms with Gasteiger partial charge in [-0.05, 0) is 0 Å². The van der Waals surface area contributed by atoms with Crippen LogP contribution in [-0.4, -0.2) is 54.4 Å². The highest BCUT2D eigenvalue weighted by atomic mass is 32.1. The third kappa shape index (κ3) is 5.37. The van der Waals surface area contributed by atoms with Crippen molar-refractivity contribution in [3.8, 4) is 0 Å². The minimum absolute atomic E-state index is 0.0143. The van der Waals surface area contributed by atoms with Crippen molar-refractivity contribution in [2.24, 2.45) is 5.73 Å². The van der Waals surface area contributed by atoms with Gasteiger partial charge < -0.3 is 16.4 Å². The number of hydrogen-bond donors (Lipinski definition) is 5. The highest BCUT2D eigenvalue weighted by molar-refractivity contribution is 7.96. The quantitative estimate of drug-likeness (QED) is 0.326. The van der Waals surface area contributed by atoms with E-state index in [-0.39, 0.29) is 31.8 Å². The van der Waals surface area contributed by atoms with Crippen LogP contribution in [0, 0.1) is 0 Å². The zero-order chi connectivity index (χ0) is 14.4. The van der Waals surface area contributed by atoms with Crippen LogP contribution in [0.4, 0.5) is 0 Å². The molecule has 9 heteroatoms. The second-order valence-electron chi connectivity index (χ2n) is 4.13. The first-order valence-electron chi connectivity index (χ1n) is 5.68. The molecule has 2 atom stereocenters. The summed E-state index contributed by atoms with van der Waals surface area (Å²) in [5.74, 6) is -1.30. The van der Waals surface area contributed by atoms with E-state index < -0.39 is 29.0 Å². The first-order chi connectivity index (χ1) is 8.90. The molecule has 5 N–H and O–H groups in total. The average molecular weight is 288 g/mol. The van der Waals surface area contributed by atoms with Crippen LogP contribution in [0.2, 0.25) is 0 Å². The monoisotopic (exact) mass is 288 g/mol.